The van der Waals surface area contributed by atoms with Crippen molar-refractivity contribution in [2.75, 3.05) is 12.4 Å². The third kappa shape index (κ3) is 3.44. The van der Waals surface area contributed by atoms with Crippen molar-refractivity contribution < 1.29 is 4.74 Å². The molecule has 1 aromatic carbocycles. The number of aromatic nitrogens is 4. The van der Waals surface area contributed by atoms with Crippen LogP contribution in [0, 0.1) is 0 Å². The second-order valence-corrected chi connectivity index (χ2v) is 5.62. The third-order valence-electron chi connectivity index (χ3n) is 2.69. The summed E-state index contributed by atoms with van der Waals surface area (Å²) in [6.07, 6.45) is 0. The van der Waals surface area contributed by atoms with Crippen LogP contribution in [-0.2, 0) is 0 Å². The Morgan fingerprint density at radius 2 is 1.68 bits per heavy atom. The number of thiazole rings is 1. The zero-order chi connectivity index (χ0) is 15.5. The summed E-state index contributed by atoms with van der Waals surface area (Å²) >= 11 is 12.9. The van der Waals surface area contributed by atoms with Gasteiger partial charge in [0.2, 0.25) is 16.5 Å². The number of rotatable bonds is 4. The van der Waals surface area contributed by atoms with E-state index in [4.69, 9.17) is 27.9 Å². The fraction of sp³-hybridized carbons (Fsp3) is 0.0769. The molecule has 2 aromatic heterocycles. The Bertz CT molecular complexity index is 773. The summed E-state index contributed by atoms with van der Waals surface area (Å²) in [5.74, 6) is 1.05. The molecule has 6 nitrogen and oxygen atoms in total. The fourth-order valence-corrected chi connectivity index (χ4v) is 2.78. The second kappa shape index (κ2) is 6.43. The van der Waals surface area contributed by atoms with Gasteiger partial charge >= 0.3 is 0 Å². The van der Waals surface area contributed by atoms with Crippen LogP contribution in [0.2, 0.25) is 10.6 Å². The van der Waals surface area contributed by atoms with Gasteiger partial charge in [0.25, 0.3) is 0 Å². The fourth-order valence-electron chi connectivity index (χ4n) is 1.70. The second-order valence-electron chi connectivity index (χ2n) is 4.09. The molecule has 22 heavy (non-hydrogen) atoms. The molecule has 9 heteroatoms. The number of hydrogen-bond donors (Lipinski definition) is 1. The van der Waals surface area contributed by atoms with Crippen molar-refractivity contribution in [2.45, 2.75) is 0 Å². The number of nitrogens with one attached hydrogen (secondary N) is 1. The molecule has 0 aliphatic carbocycles. The number of nitrogens with zero attached hydrogens (tertiary/aromatic N) is 4. The van der Waals surface area contributed by atoms with Crippen molar-refractivity contribution in [1.82, 2.24) is 19.9 Å². The maximum Gasteiger partial charge on any atom is 0.234 e. The van der Waals surface area contributed by atoms with Crippen LogP contribution in [0.5, 0.6) is 5.75 Å². The van der Waals surface area contributed by atoms with Crippen LogP contribution >= 0.6 is 34.5 Å². The van der Waals surface area contributed by atoms with Crippen LogP contribution < -0.4 is 10.1 Å². The van der Waals surface area contributed by atoms with Crippen LogP contribution in [0.25, 0.3) is 11.3 Å². The van der Waals surface area contributed by atoms with Gasteiger partial charge in [0, 0.05) is 10.9 Å². The molecule has 0 unspecified atom stereocenters. The lowest BCUT2D eigenvalue weighted by atomic mass is 10.2. The molecule has 0 spiro atoms. The number of benzene rings is 1. The van der Waals surface area contributed by atoms with Crippen molar-refractivity contribution >= 4 is 45.6 Å². The van der Waals surface area contributed by atoms with E-state index in [-0.39, 0.29) is 16.5 Å². The minimum Gasteiger partial charge on any atom is -0.497 e. The highest BCUT2D eigenvalue weighted by atomic mass is 35.5. The van der Waals surface area contributed by atoms with Gasteiger partial charge in [-0.2, -0.15) is 15.0 Å². The maximum atomic E-state index is 5.73. The summed E-state index contributed by atoms with van der Waals surface area (Å²) < 4.78 is 5.13. The first-order chi connectivity index (χ1) is 10.6. The molecule has 3 aromatic rings. The Morgan fingerprint density at radius 3 is 2.32 bits per heavy atom. The number of halogens is 2. The lowest BCUT2D eigenvalue weighted by Crippen LogP contribution is -1.99. The number of ether oxygens (including phenoxy) is 1. The lowest BCUT2D eigenvalue weighted by Gasteiger charge is -2.01. The Balaban J connectivity index is 1.80. The van der Waals surface area contributed by atoms with Gasteiger partial charge in [0.15, 0.2) is 5.13 Å². The van der Waals surface area contributed by atoms with Gasteiger partial charge in [-0.25, -0.2) is 4.98 Å². The highest BCUT2D eigenvalue weighted by molar-refractivity contribution is 7.14. The minimum atomic E-state index is 0.0226. The molecule has 0 aliphatic heterocycles. The van der Waals surface area contributed by atoms with Crippen molar-refractivity contribution in [3.8, 4) is 17.0 Å². The molecule has 0 atom stereocenters. The highest BCUT2D eigenvalue weighted by Crippen LogP contribution is 2.27. The Labute approximate surface area is 140 Å². The average Bonchev–Trinajstić information content (AvgIpc) is 2.95. The Hall–Kier alpha value is -1.96. The van der Waals surface area contributed by atoms with Crippen molar-refractivity contribution in [3.05, 3.63) is 40.2 Å². The molecule has 0 amide bonds. The van der Waals surface area contributed by atoms with Crippen LogP contribution in [0.3, 0.4) is 0 Å². The SMILES string of the molecule is COc1ccc(-c2csc(Nc3nc(Cl)nc(Cl)n3)n2)cc1. The zero-order valence-corrected chi connectivity index (χ0v) is 13.6. The Kier molecular flexibility index (Phi) is 4.37. The van der Waals surface area contributed by atoms with Crippen molar-refractivity contribution in [3.63, 3.8) is 0 Å². The van der Waals surface area contributed by atoms with E-state index in [1.54, 1.807) is 7.11 Å². The van der Waals surface area contributed by atoms with Crippen LogP contribution in [0.4, 0.5) is 11.1 Å². The molecule has 3 rings (SSSR count). The van der Waals surface area contributed by atoms with Gasteiger partial charge in [-0.15, -0.1) is 11.3 Å². The molecule has 1 N–H and O–H groups in total. The number of methoxy groups -OCH3 is 1. The van der Waals surface area contributed by atoms with Crippen LogP contribution in [0.15, 0.2) is 29.6 Å². The van der Waals surface area contributed by atoms with Gasteiger partial charge in [-0.3, -0.25) is 5.32 Å². The van der Waals surface area contributed by atoms with E-state index in [2.05, 4.69) is 25.3 Å². The molecule has 0 saturated heterocycles. The first-order valence-electron chi connectivity index (χ1n) is 6.08. The van der Waals surface area contributed by atoms with E-state index in [1.165, 1.54) is 11.3 Å². The van der Waals surface area contributed by atoms with Gasteiger partial charge in [-0.05, 0) is 47.5 Å². The molecule has 0 fully saturated rings. The highest BCUT2D eigenvalue weighted by Gasteiger charge is 2.08. The van der Waals surface area contributed by atoms with Crippen LogP contribution in [0.1, 0.15) is 0 Å². The van der Waals surface area contributed by atoms with Crippen LogP contribution in [-0.4, -0.2) is 27.0 Å². The van der Waals surface area contributed by atoms with E-state index in [1.807, 2.05) is 29.6 Å². The van der Waals surface area contributed by atoms with Gasteiger partial charge < -0.3 is 4.74 Å². The monoisotopic (exact) mass is 353 g/mol. The topological polar surface area (TPSA) is 72.8 Å². The predicted octanol–water partition coefficient (Wildman–Crippen LogP) is 4.05. The first kappa shape index (κ1) is 15.0. The summed E-state index contributed by atoms with van der Waals surface area (Å²) in [6, 6.07) is 7.64. The quantitative estimate of drug-likeness (QED) is 0.762. The average molecular weight is 354 g/mol. The maximum absolute atomic E-state index is 5.73. The first-order valence-corrected chi connectivity index (χ1v) is 7.71. The van der Waals surface area contributed by atoms with Crippen molar-refractivity contribution in [1.29, 1.82) is 0 Å². The summed E-state index contributed by atoms with van der Waals surface area (Å²) in [6.45, 7) is 0. The molecule has 2 heterocycles. The van der Waals surface area contributed by atoms with E-state index in [0.29, 0.717) is 5.13 Å². The summed E-state index contributed by atoms with van der Waals surface area (Å²) in [5.41, 5.74) is 1.82. The standard InChI is InChI=1S/C13H9Cl2N5OS/c1-21-8-4-2-7(3-5-8)9-6-22-13(16-9)20-12-18-10(14)17-11(15)19-12/h2-6H,1H3,(H,16,17,18,19,20). The lowest BCUT2D eigenvalue weighted by molar-refractivity contribution is 0.415. The predicted molar refractivity (Wildman–Crippen MR) is 87.2 cm³/mol. The number of hydrogen-bond acceptors (Lipinski definition) is 7. The van der Waals surface area contributed by atoms with E-state index >= 15 is 0 Å². The van der Waals surface area contributed by atoms with Crippen molar-refractivity contribution in [2.24, 2.45) is 0 Å². The van der Waals surface area contributed by atoms with E-state index in [9.17, 15) is 0 Å². The summed E-state index contributed by atoms with van der Waals surface area (Å²) in [5, 5.41) is 5.55. The smallest absolute Gasteiger partial charge is 0.234 e. The van der Waals surface area contributed by atoms with Gasteiger partial charge in [0.05, 0.1) is 12.8 Å². The normalized spacial score (nSPS) is 10.5. The third-order valence-corrected chi connectivity index (χ3v) is 3.79. The summed E-state index contributed by atoms with van der Waals surface area (Å²) in [4.78, 5) is 16.0. The molecule has 0 bridgehead atoms. The van der Waals surface area contributed by atoms with Gasteiger partial charge in [-0.1, -0.05) is 0 Å². The number of anilines is 2. The largest absolute Gasteiger partial charge is 0.497 e. The molecule has 0 saturated carbocycles. The Morgan fingerprint density at radius 1 is 1.00 bits per heavy atom. The summed E-state index contributed by atoms with van der Waals surface area (Å²) in [7, 11) is 1.63. The molecular weight excluding hydrogens is 345 g/mol. The van der Waals surface area contributed by atoms with Gasteiger partial charge in [0.1, 0.15) is 5.75 Å². The minimum absolute atomic E-state index is 0.0226. The molecule has 0 aliphatic rings. The van der Waals surface area contributed by atoms with E-state index < -0.39 is 0 Å². The zero-order valence-electron chi connectivity index (χ0n) is 11.2. The van der Waals surface area contributed by atoms with E-state index in [0.717, 1.165) is 17.0 Å². The molecule has 112 valence electrons. The molecule has 0 radical (unpaired) electrons. The molecular formula is C13H9Cl2N5OS.